The molecule has 1 atom stereocenters. The van der Waals surface area contributed by atoms with Gasteiger partial charge >= 0.3 is 0 Å². The fourth-order valence-electron chi connectivity index (χ4n) is 3.49. The standard InChI is InChI=1S/C16H24BrN/c1-9-8-12(17)10(2)7-11(9)13(18)14-15(3,4)16(14,5)6/h7-8,13-14H,18H2,1-6H3. The number of hydrogen-bond acceptors (Lipinski definition) is 1. The number of hydrogen-bond donors (Lipinski definition) is 1. The number of halogens is 1. The van der Waals surface area contributed by atoms with Crippen LogP contribution in [0.2, 0.25) is 0 Å². The number of aryl methyl sites for hydroxylation is 2. The van der Waals surface area contributed by atoms with Crippen molar-refractivity contribution in [3.63, 3.8) is 0 Å². The molecule has 100 valence electrons. The average molecular weight is 310 g/mol. The Labute approximate surface area is 119 Å². The van der Waals surface area contributed by atoms with Gasteiger partial charge in [-0.3, -0.25) is 0 Å². The summed E-state index contributed by atoms with van der Waals surface area (Å²) in [5, 5.41) is 0. The molecule has 0 saturated heterocycles. The molecule has 0 amide bonds. The normalized spacial score (nSPS) is 22.9. The highest BCUT2D eigenvalue weighted by Gasteiger charge is 2.66. The summed E-state index contributed by atoms with van der Waals surface area (Å²) in [6.07, 6.45) is 0. The van der Waals surface area contributed by atoms with Crippen molar-refractivity contribution in [2.45, 2.75) is 47.6 Å². The molecule has 1 fully saturated rings. The summed E-state index contributed by atoms with van der Waals surface area (Å²) in [5.41, 5.74) is 11.1. The quantitative estimate of drug-likeness (QED) is 0.838. The van der Waals surface area contributed by atoms with Gasteiger partial charge in [0.05, 0.1) is 0 Å². The topological polar surface area (TPSA) is 26.0 Å². The summed E-state index contributed by atoms with van der Waals surface area (Å²) >= 11 is 3.59. The molecule has 1 saturated carbocycles. The third-order valence-electron chi connectivity index (χ3n) is 5.40. The van der Waals surface area contributed by atoms with E-state index in [-0.39, 0.29) is 6.04 Å². The first-order valence-electron chi connectivity index (χ1n) is 6.63. The molecule has 0 aromatic heterocycles. The zero-order valence-electron chi connectivity index (χ0n) is 12.3. The van der Waals surface area contributed by atoms with Crippen molar-refractivity contribution in [3.8, 4) is 0 Å². The first-order chi connectivity index (χ1) is 8.10. The van der Waals surface area contributed by atoms with E-state index in [1.807, 2.05) is 0 Å². The summed E-state index contributed by atoms with van der Waals surface area (Å²) < 4.78 is 1.17. The van der Waals surface area contributed by atoms with E-state index in [9.17, 15) is 0 Å². The highest BCUT2D eigenvalue weighted by molar-refractivity contribution is 9.10. The largest absolute Gasteiger partial charge is 0.324 e. The molecule has 0 aliphatic heterocycles. The van der Waals surface area contributed by atoms with Gasteiger partial charge in [-0.2, -0.15) is 0 Å². The van der Waals surface area contributed by atoms with E-state index in [4.69, 9.17) is 5.73 Å². The molecule has 0 spiro atoms. The van der Waals surface area contributed by atoms with Crippen LogP contribution in [0.4, 0.5) is 0 Å². The van der Waals surface area contributed by atoms with E-state index < -0.39 is 0 Å². The maximum atomic E-state index is 6.56. The second-order valence-electron chi connectivity index (χ2n) is 6.90. The molecule has 2 rings (SSSR count). The van der Waals surface area contributed by atoms with Crippen molar-refractivity contribution in [2.75, 3.05) is 0 Å². The molecule has 0 radical (unpaired) electrons. The second kappa shape index (κ2) is 4.08. The molecule has 1 aliphatic carbocycles. The fourth-order valence-corrected chi connectivity index (χ4v) is 3.95. The van der Waals surface area contributed by atoms with E-state index >= 15 is 0 Å². The molecule has 2 heteroatoms. The Bertz CT molecular complexity index is 474. The van der Waals surface area contributed by atoms with Crippen LogP contribution in [0.1, 0.15) is 50.4 Å². The van der Waals surface area contributed by atoms with Crippen molar-refractivity contribution in [1.82, 2.24) is 0 Å². The van der Waals surface area contributed by atoms with Gasteiger partial charge < -0.3 is 5.73 Å². The van der Waals surface area contributed by atoms with Crippen LogP contribution in [-0.4, -0.2) is 0 Å². The lowest BCUT2D eigenvalue weighted by atomic mass is 9.93. The third-order valence-corrected chi connectivity index (χ3v) is 6.25. The zero-order chi connectivity index (χ0) is 13.9. The van der Waals surface area contributed by atoms with Gasteiger partial charge in [0.25, 0.3) is 0 Å². The highest BCUT2D eigenvalue weighted by Crippen LogP contribution is 2.71. The molecule has 2 N–H and O–H groups in total. The molecule has 0 heterocycles. The van der Waals surface area contributed by atoms with Gasteiger partial charge in [0, 0.05) is 10.5 Å². The highest BCUT2D eigenvalue weighted by atomic mass is 79.9. The monoisotopic (exact) mass is 309 g/mol. The lowest BCUT2D eigenvalue weighted by Gasteiger charge is -2.18. The number of nitrogens with two attached hydrogens (primary N) is 1. The minimum atomic E-state index is 0.141. The van der Waals surface area contributed by atoms with Crippen molar-refractivity contribution >= 4 is 15.9 Å². The minimum Gasteiger partial charge on any atom is -0.324 e. The van der Waals surface area contributed by atoms with E-state index in [0.29, 0.717) is 16.7 Å². The molecular weight excluding hydrogens is 286 g/mol. The number of benzene rings is 1. The van der Waals surface area contributed by atoms with Crippen LogP contribution in [0.25, 0.3) is 0 Å². The maximum Gasteiger partial charge on any atom is 0.0336 e. The molecule has 1 unspecified atom stereocenters. The molecule has 1 nitrogen and oxygen atoms in total. The van der Waals surface area contributed by atoms with Crippen LogP contribution in [0.5, 0.6) is 0 Å². The van der Waals surface area contributed by atoms with Gasteiger partial charge in [0.2, 0.25) is 0 Å². The Morgan fingerprint density at radius 1 is 1.06 bits per heavy atom. The van der Waals surface area contributed by atoms with Crippen molar-refractivity contribution in [1.29, 1.82) is 0 Å². The Hall–Kier alpha value is -0.340. The number of rotatable bonds is 2. The van der Waals surface area contributed by atoms with Crippen LogP contribution in [0.15, 0.2) is 16.6 Å². The predicted octanol–water partition coefficient (Wildman–Crippen LogP) is 4.75. The fraction of sp³-hybridized carbons (Fsp3) is 0.625. The summed E-state index contributed by atoms with van der Waals surface area (Å²) in [6, 6.07) is 4.57. The van der Waals surface area contributed by atoms with Gasteiger partial charge in [-0.1, -0.05) is 49.7 Å². The average Bonchev–Trinajstić information content (AvgIpc) is 2.62. The SMILES string of the molecule is Cc1cc(C(N)C2C(C)(C)C2(C)C)c(C)cc1Br. The summed E-state index contributed by atoms with van der Waals surface area (Å²) in [5.74, 6) is 0.560. The Morgan fingerprint density at radius 2 is 1.56 bits per heavy atom. The minimum absolute atomic E-state index is 0.141. The van der Waals surface area contributed by atoms with Crippen molar-refractivity contribution in [2.24, 2.45) is 22.5 Å². The van der Waals surface area contributed by atoms with E-state index in [2.05, 4.69) is 69.6 Å². The Kier molecular flexibility index (Phi) is 3.19. The van der Waals surface area contributed by atoms with Gasteiger partial charge in [0.15, 0.2) is 0 Å². The van der Waals surface area contributed by atoms with Crippen LogP contribution >= 0.6 is 15.9 Å². The molecule has 1 aliphatic rings. The lowest BCUT2D eigenvalue weighted by molar-refractivity contribution is 0.457. The van der Waals surface area contributed by atoms with Gasteiger partial charge in [0.1, 0.15) is 0 Å². The lowest BCUT2D eigenvalue weighted by Crippen LogP contribution is -2.18. The van der Waals surface area contributed by atoms with Crippen LogP contribution in [0.3, 0.4) is 0 Å². The molecule has 18 heavy (non-hydrogen) atoms. The van der Waals surface area contributed by atoms with Crippen LogP contribution < -0.4 is 5.73 Å². The van der Waals surface area contributed by atoms with Gasteiger partial charge in [-0.25, -0.2) is 0 Å². The van der Waals surface area contributed by atoms with E-state index in [1.165, 1.54) is 21.2 Å². The molecule has 1 aromatic carbocycles. The Morgan fingerprint density at radius 3 is 2.00 bits per heavy atom. The summed E-state index contributed by atoms with van der Waals surface area (Å²) in [4.78, 5) is 0. The smallest absolute Gasteiger partial charge is 0.0336 e. The summed E-state index contributed by atoms with van der Waals surface area (Å²) in [7, 11) is 0. The van der Waals surface area contributed by atoms with Gasteiger partial charge in [-0.05, 0) is 53.4 Å². The first-order valence-corrected chi connectivity index (χ1v) is 7.42. The zero-order valence-corrected chi connectivity index (χ0v) is 13.9. The molecule has 1 aromatic rings. The van der Waals surface area contributed by atoms with Crippen LogP contribution in [-0.2, 0) is 0 Å². The van der Waals surface area contributed by atoms with Crippen molar-refractivity contribution < 1.29 is 0 Å². The van der Waals surface area contributed by atoms with E-state index in [1.54, 1.807) is 0 Å². The third kappa shape index (κ3) is 1.85. The Balaban J connectivity index is 2.37. The van der Waals surface area contributed by atoms with Crippen molar-refractivity contribution in [3.05, 3.63) is 33.3 Å². The second-order valence-corrected chi connectivity index (χ2v) is 7.76. The van der Waals surface area contributed by atoms with E-state index in [0.717, 1.165) is 0 Å². The molecular formula is C16H24BrN. The van der Waals surface area contributed by atoms with Gasteiger partial charge in [-0.15, -0.1) is 0 Å². The first kappa shape index (κ1) is 14.1. The predicted molar refractivity (Wildman–Crippen MR) is 81.6 cm³/mol. The molecule has 0 bridgehead atoms. The summed E-state index contributed by atoms with van der Waals surface area (Å²) in [6.45, 7) is 13.6. The van der Waals surface area contributed by atoms with Crippen LogP contribution in [0, 0.1) is 30.6 Å². The maximum absolute atomic E-state index is 6.56.